The van der Waals surface area contributed by atoms with Crippen molar-refractivity contribution in [3.05, 3.63) is 59.6 Å². The van der Waals surface area contributed by atoms with Crippen LogP contribution in [-0.2, 0) is 10.0 Å². The largest absolute Gasteiger partial charge is 0.280 e. The Bertz CT molecular complexity index is 594. The molecule has 0 unspecified atom stereocenters. The third-order valence-corrected chi connectivity index (χ3v) is 3.74. The Balaban J connectivity index is 2.27. The molecule has 0 amide bonds. The van der Waals surface area contributed by atoms with Crippen molar-refractivity contribution in [1.82, 2.24) is 0 Å². The van der Waals surface area contributed by atoms with Crippen LogP contribution in [0.15, 0.2) is 53.4 Å². The van der Waals surface area contributed by atoms with Crippen LogP contribution in [0.2, 0.25) is 5.02 Å². The van der Waals surface area contributed by atoms with Crippen molar-refractivity contribution in [1.29, 1.82) is 0 Å². The molecule has 5 heteroatoms. The van der Waals surface area contributed by atoms with Gasteiger partial charge in [-0.25, -0.2) is 8.42 Å². The minimum Gasteiger partial charge on any atom is -0.280 e. The van der Waals surface area contributed by atoms with E-state index in [9.17, 15) is 8.42 Å². The summed E-state index contributed by atoms with van der Waals surface area (Å²) in [6.07, 6.45) is 0. The second-order valence-corrected chi connectivity index (χ2v) is 5.47. The van der Waals surface area contributed by atoms with E-state index >= 15 is 0 Å². The van der Waals surface area contributed by atoms with E-state index in [2.05, 4.69) is 10.8 Å². The van der Waals surface area contributed by atoms with Crippen LogP contribution < -0.4 is 4.72 Å². The van der Waals surface area contributed by atoms with Gasteiger partial charge in [-0.2, -0.15) is 0 Å². The van der Waals surface area contributed by atoms with Crippen molar-refractivity contribution in [2.24, 2.45) is 0 Å². The van der Waals surface area contributed by atoms with Crippen LogP contribution in [0.5, 0.6) is 0 Å². The lowest BCUT2D eigenvalue weighted by atomic mass is 10.3. The molecule has 0 fully saturated rings. The van der Waals surface area contributed by atoms with Gasteiger partial charge in [0.25, 0.3) is 10.0 Å². The lowest BCUT2D eigenvalue weighted by Gasteiger charge is -2.07. The summed E-state index contributed by atoms with van der Waals surface area (Å²) < 4.78 is 26.3. The molecular formula is C12H9ClNO2S. The summed E-state index contributed by atoms with van der Waals surface area (Å²) in [5.74, 6) is 0. The molecule has 0 aliphatic carbocycles. The van der Waals surface area contributed by atoms with Gasteiger partial charge < -0.3 is 0 Å². The Hall–Kier alpha value is -1.52. The zero-order valence-electron chi connectivity index (χ0n) is 8.72. The molecule has 0 aromatic heterocycles. The zero-order chi connectivity index (χ0) is 12.3. The standard InChI is InChI=1S/C12H9ClNO2S/c13-10-6-8-11(9-7-10)14-17(15,16)12-4-2-1-3-5-12/h2-9,14H. The maximum Gasteiger partial charge on any atom is 0.261 e. The molecule has 87 valence electrons. The average molecular weight is 267 g/mol. The Morgan fingerprint density at radius 1 is 1.00 bits per heavy atom. The number of halogens is 1. The van der Waals surface area contributed by atoms with Gasteiger partial charge in [0, 0.05) is 10.7 Å². The molecule has 1 radical (unpaired) electrons. The molecule has 1 N–H and O–H groups in total. The Morgan fingerprint density at radius 2 is 1.59 bits per heavy atom. The number of hydrogen-bond donors (Lipinski definition) is 1. The summed E-state index contributed by atoms with van der Waals surface area (Å²) in [6, 6.07) is 15.3. The first-order valence-corrected chi connectivity index (χ1v) is 6.68. The van der Waals surface area contributed by atoms with Crippen molar-refractivity contribution < 1.29 is 8.42 Å². The number of benzene rings is 2. The predicted molar refractivity (Wildman–Crippen MR) is 67.5 cm³/mol. The van der Waals surface area contributed by atoms with Gasteiger partial charge >= 0.3 is 0 Å². The van der Waals surface area contributed by atoms with Gasteiger partial charge in [0.1, 0.15) is 0 Å². The smallest absolute Gasteiger partial charge is 0.261 e. The lowest BCUT2D eigenvalue weighted by Crippen LogP contribution is -2.12. The van der Waals surface area contributed by atoms with E-state index < -0.39 is 10.0 Å². The summed E-state index contributed by atoms with van der Waals surface area (Å²) in [5, 5.41) is 0.558. The van der Waals surface area contributed by atoms with E-state index in [1.165, 1.54) is 12.1 Å². The highest BCUT2D eigenvalue weighted by molar-refractivity contribution is 7.92. The average Bonchev–Trinajstić information content (AvgIpc) is 2.33. The van der Waals surface area contributed by atoms with E-state index in [1.54, 1.807) is 36.4 Å². The Labute approximate surface area is 105 Å². The number of sulfonamides is 1. The SMILES string of the molecule is O=S(=O)(Nc1ccc(Cl)cc1)c1cc[c]cc1. The molecule has 0 aliphatic rings. The fourth-order valence-electron chi connectivity index (χ4n) is 1.28. The molecule has 3 nitrogen and oxygen atoms in total. The fourth-order valence-corrected chi connectivity index (χ4v) is 2.47. The van der Waals surface area contributed by atoms with Gasteiger partial charge in [0.2, 0.25) is 0 Å². The van der Waals surface area contributed by atoms with E-state index in [-0.39, 0.29) is 4.90 Å². The summed E-state index contributed by atoms with van der Waals surface area (Å²) >= 11 is 5.72. The van der Waals surface area contributed by atoms with Crippen LogP contribution in [0.1, 0.15) is 0 Å². The van der Waals surface area contributed by atoms with Gasteiger partial charge in [-0.15, -0.1) is 0 Å². The molecule has 17 heavy (non-hydrogen) atoms. The summed E-state index contributed by atoms with van der Waals surface area (Å²) in [5.41, 5.74) is 0.474. The molecule has 2 rings (SSSR count). The van der Waals surface area contributed by atoms with Gasteiger partial charge in [0.15, 0.2) is 0 Å². The second kappa shape index (κ2) is 4.77. The number of anilines is 1. The fraction of sp³-hybridized carbons (Fsp3) is 0. The maximum atomic E-state index is 11.9. The lowest BCUT2D eigenvalue weighted by molar-refractivity contribution is 0.601. The molecule has 0 spiro atoms. The molecule has 2 aromatic carbocycles. The quantitative estimate of drug-likeness (QED) is 0.928. The van der Waals surface area contributed by atoms with Crippen molar-refractivity contribution in [3.63, 3.8) is 0 Å². The van der Waals surface area contributed by atoms with Crippen LogP contribution in [-0.4, -0.2) is 8.42 Å². The first-order valence-electron chi connectivity index (χ1n) is 4.82. The molecule has 2 aromatic rings. The monoisotopic (exact) mass is 266 g/mol. The third-order valence-electron chi connectivity index (χ3n) is 2.09. The van der Waals surface area contributed by atoms with E-state index in [4.69, 9.17) is 11.6 Å². The van der Waals surface area contributed by atoms with Crippen LogP contribution in [0, 0.1) is 6.07 Å². The van der Waals surface area contributed by atoms with Crippen molar-refractivity contribution in [2.75, 3.05) is 4.72 Å². The van der Waals surface area contributed by atoms with Crippen molar-refractivity contribution >= 4 is 27.3 Å². The second-order valence-electron chi connectivity index (χ2n) is 3.35. The minimum absolute atomic E-state index is 0.200. The van der Waals surface area contributed by atoms with Crippen LogP contribution in [0.4, 0.5) is 5.69 Å². The van der Waals surface area contributed by atoms with Gasteiger partial charge in [-0.1, -0.05) is 23.7 Å². The summed E-state index contributed by atoms with van der Waals surface area (Å²) in [6.45, 7) is 0. The third kappa shape index (κ3) is 2.99. The maximum absolute atomic E-state index is 11.9. The highest BCUT2D eigenvalue weighted by Crippen LogP contribution is 2.17. The van der Waals surface area contributed by atoms with Crippen molar-refractivity contribution in [3.8, 4) is 0 Å². The topological polar surface area (TPSA) is 46.2 Å². The molecule has 0 bridgehead atoms. The van der Waals surface area contributed by atoms with Gasteiger partial charge in [0.05, 0.1) is 4.90 Å². The first-order chi connectivity index (χ1) is 8.08. The molecule has 0 aliphatic heterocycles. The van der Waals surface area contributed by atoms with Gasteiger partial charge in [-0.05, 0) is 42.5 Å². The molecule has 0 heterocycles. The predicted octanol–water partition coefficient (Wildman–Crippen LogP) is 2.94. The van der Waals surface area contributed by atoms with E-state index in [0.717, 1.165) is 0 Å². The minimum atomic E-state index is -3.54. The highest BCUT2D eigenvalue weighted by Gasteiger charge is 2.12. The highest BCUT2D eigenvalue weighted by atomic mass is 35.5. The van der Waals surface area contributed by atoms with E-state index in [1.807, 2.05) is 0 Å². The van der Waals surface area contributed by atoms with E-state index in [0.29, 0.717) is 10.7 Å². The summed E-state index contributed by atoms with van der Waals surface area (Å²) in [7, 11) is -3.54. The number of hydrogen-bond acceptors (Lipinski definition) is 2. The number of rotatable bonds is 3. The van der Waals surface area contributed by atoms with Crippen LogP contribution in [0.3, 0.4) is 0 Å². The summed E-state index contributed by atoms with van der Waals surface area (Å²) in [4.78, 5) is 0.200. The molecule has 0 saturated carbocycles. The first kappa shape index (κ1) is 12.0. The van der Waals surface area contributed by atoms with Crippen LogP contribution in [0.25, 0.3) is 0 Å². The van der Waals surface area contributed by atoms with Crippen LogP contribution >= 0.6 is 11.6 Å². The molecule has 0 saturated heterocycles. The Morgan fingerprint density at radius 3 is 2.18 bits per heavy atom. The number of nitrogens with one attached hydrogen (secondary N) is 1. The van der Waals surface area contributed by atoms with Gasteiger partial charge in [-0.3, -0.25) is 4.72 Å². The normalized spacial score (nSPS) is 11.1. The molecule has 0 atom stereocenters. The molecular weight excluding hydrogens is 258 g/mol. The Kier molecular flexibility index (Phi) is 3.36. The zero-order valence-corrected chi connectivity index (χ0v) is 10.3. The van der Waals surface area contributed by atoms with Crippen molar-refractivity contribution in [2.45, 2.75) is 4.90 Å².